The van der Waals surface area contributed by atoms with E-state index in [-0.39, 0.29) is 0 Å². The van der Waals surface area contributed by atoms with E-state index in [2.05, 4.69) is 0 Å². The SMILES string of the molecule is CC[C@H](CC(F)(F)C(F)(F)C(F)(F)F)[N+](=O)[O-]. The third-order valence-corrected chi connectivity index (χ3v) is 2.08. The minimum Gasteiger partial charge on any atom is -0.264 e. The van der Waals surface area contributed by atoms with E-state index < -0.39 is 41.8 Å². The predicted octanol–water partition coefficient (Wildman–Crippen LogP) is 3.26. The number of nitro groups is 1. The van der Waals surface area contributed by atoms with Gasteiger partial charge in [0.05, 0.1) is 6.42 Å². The molecule has 0 aromatic carbocycles. The minimum absolute atomic E-state index is 0.573. The molecule has 0 heterocycles. The number of nitrogens with zero attached hydrogens (tertiary/aromatic N) is 1. The van der Waals surface area contributed by atoms with Crippen molar-refractivity contribution in [2.24, 2.45) is 0 Å². The van der Waals surface area contributed by atoms with Gasteiger partial charge in [0, 0.05) is 11.3 Å². The Morgan fingerprint density at radius 2 is 1.53 bits per heavy atom. The first-order valence-electron chi connectivity index (χ1n) is 4.32. The van der Waals surface area contributed by atoms with Crippen molar-refractivity contribution in [3.63, 3.8) is 0 Å². The van der Waals surface area contributed by atoms with Gasteiger partial charge in [-0.15, -0.1) is 0 Å². The van der Waals surface area contributed by atoms with E-state index in [0.29, 0.717) is 0 Å². The van der Waals surface area contributed by atoms with Crippen LogP contribution in [0.3, 0.4) is 0 Å². The molecule has 0 spiro atoms. The number of rotatable bonds is 5. The first-order valence-corrected chi connectivity index (χ1v) is 4.32. The topological polar surface area (TPSA) is 43.1 Å². The summed E-state index contributed by atoms with van der Waals surface area (Å²) in [5, 5.41) is 10.1. The lowest BCUT2D eigenvalue weighted by atomic mass is 10.0. The van der Waals surface area contributed by atoms with E-state index >= 15 is 0 Å². The minimum atomic E-state index is -6.45. The Morgan fingerprint density at radius 3 is 1.76 bits per heavy atom. The van der Waals surface area contributed by atoms with Gasteiger partial charge in [-0.05, 0) is 0 Å². The van der Waals surface area contributed by atoms with Gasteiger partial charge in [0.15, 0.2) is 0 Å². The van der Waals surface area contributed by atoms with Crippen molar-refractivity contribution in [2.75, 3.05) is 0 Å². The number of hydrogen-bond donors (Lipinski definition) is 0. The van der Waals surface area contributed by atoms with Crippen LogP contribution in [0.5, 0.6) is 0 Å². The average Bonchev–Trinajstić information content (AvgIpc) is 2.11. The van der Waals surface area contributed by atoms with Crippen LogP contribution >= 0.6 is 0 Å². The molecular formula is C7H8F7NO2. The van der Waals surface area contributed by atoms with E-state index in [9.17, 15) is 40.8 Å². The van der Waals surface area contributed by atoms with E-state index in [1.54, 1.807) is 0 Å². The molecule has 0 aromatic heterocycles. The highest BCUT2D eigenvalue weighted by Crippen LogP contribution is 2.48. The van der Waals surface area contributed by atoms with E-state index in [0.717, 1.165) is 6.92 Å². The fourth-order valence-electron chi connectivity index (χ4n) is 0.999. The second-order valence-electron chi connectivity index (χ2n) is 3.33. The van der Waals surface area contributed by atoms with Gasteiger partial charge in [0.1, 0.15) is 0 Å². The summed E-state index contributed by atoms with van der Waals surface area (Å²) >= 11 is 0. The molecule has 1 atom stereocenters. The van der Waals surface area contributed by atoms with Gasteiger partial charge in [-0.25, -0.2) is 0 Å². The summed E-state index contributed by atoms with van der Waals surface area (Å²) in [6.07, 6.45) is -9.19. The van der Waals surface area contributed by atoms with Crippen LogP contribution in [0.15, 0.2) is 0 Å². The fourth-order valence-corrected chi connectivity index (χ4v) is 0.999. The summed E-state index contributed by atoms with van der Waals surface area (Å²) in [5.74, 6) is -11.8. The van der Waals surface area contributed by atoms with E-state index in [1.165, 1.54) is 0 Å². The van der Waals surface area contributed by atoms with Gasteiger partial charge < -0.3 is 0 Å². The Labute approximate surface area is 90.7 Å². The molecular weight excluding hydrogens is 263 g/mol. The zero-order chi connectivity index (χ0) is 14.1. The van der Waals surface area contributed by atoms with Crippen LogP contribution in [0.4, 0.5) is 30.7 Å². The summed E-state index contributed by atoms with van der Waals surface area (Å²) in [6.45, 7) is 1.04. The Kier molecular flexibility index (Phi) is 4.35. The van der Waals surface area contributed by atoms with Crippen LogP contribution in [0.25, 0.3) is 0 Å². The lowest BCUT2D eigenvalue weighted by molar-refractivity contribution is -0.531. The van der Waals surface area contributed by atoms with E-state index in [1.807, 2.05) is 0 Å². The molecule has 0 unspecified atom stereocenters. The summed E-state index contributed by atoms with van der Waals surface area (Å²) in [7, 11) is 0. The smallest absolute Gasteiger partial charge is 0.264 e. The van der Waals surface area contributed by atoms with Crippen LogP contribution in [0.2, 0.25) is 0 Å². The van der Waals surface area contributed by atoms with Gasteiger partial charge in [0.25, 0.3) is 0 Å². The summed E-state index contributed by atoms with van der Waals surface area (Å²) in [5.41, 5.74) is 0. The first-order chi connectivity index (χ1) is 7.37. The van der Waals surface area contributed by atoms with Gasteiger partial charge in [-0.2, -0.15) is 30.7 Å². The highest BCUT2D eigenvalue weighted by Gasteiger charge is 2.73. The molecule has 0 aromatic rings. The Morgan fingerprint density at radius 1 is 1.12 bits per heavy atom. The van der Waals surface area contributed by atoms with E-state index in [4.69, 9.17) is 0 Å². The van der Waals surface area contributed by atoms with Crippen molar-refractivity contribution < 1.29 is 35.7 Å². The highest BCUT2D eigenvalue weighted by atomic mass is 19.4. The molecule has 0 radical (unpaired) electrons. The van der Waals surface area contributed by atoms with Gasteiger partial charge >= 0.3 is 18.0 Å². The summed E-state index contributed by atoms with van der Waals surface area (Å²) in [6, 6.07) is -2.15. The molecule has 0 aliphatic rings. The van der Waals surface area contributed by atoms with Crippen LogP contribution in [0.1, 0.15) is 19.8 Å². The molecule has 0 bridgehead atoms. The second-order valence-corrected chi connectivity index (χ2v) is 3.33. The van der Waals surface area contributed by atoms with Crippen molar-refractivity contribution in [3.8, 4) is 0 Å². The Balaban J connectivity index is 5.08. The molecule has 0 saturated carbocycles. The predicted molar refractivity (Wildman–Crippen MR) is 41.6 cm³/mol. The van der Waals surface area contributed by atoms with Crippen molar-refractivity contribution in [2.45, 2.75) is 43.8 Å². The molecule has 3 nitrogen and oxygen atoms in total. The molecule has 102 valence electrons. The number of alkyl halides is 7. The van der Waals surface area contributed by atoms with Crippen LogP contribution < -0.4 is 0 Å². The van der Waals surface area contributed by atoms with Crippen LogP contribution in [-0.2, 0) is 0 Å². The zero-order valence-corrected chi connectivity index (χ0v) is 8.40. The molecule has 0 fully saturated rings. The molecule has 0 amide bonds. The fraction of sp³-hybridized carbons (Fsp3) is 1.00. The average molecular weight is 271 g/mol. The normalized spacial score (nSPS) is 15.8. The maximum atomic E-state index is 12.7. The van der Waals surface area contributed by atoms with Gasteiger partial charge in [-0.3, -0.25) is 10.1 Å². The molecule has 0 aliphatic carbocycles. The van der Waals surface area contributed by atoms with Crippen LogP contribution in [-0.4, -0.2) is 29.0 Å². The Bertz CT molecular complexity index is 288. The number of hydrogen-bond acceptors (Lipinski definition) is 2. The second kappa shape index (κ2) is 4.65. The third-order valence-electron chi connectivity index (χ3n) is 2.08. The maximum Gasteiger partial charge on any atom is 0.459 e. The quantitative estimate of drug-likeness (QED) is 0.437. The first kappa shape index (κ1) is 15.9. The van der Waals surface area contributed by atoms with Crippen molar-refractivity contribution >= 4 is 0 Å². The molecule has 0 N–H and O–H groups in total. The van der Waals surface area contributed by atoms with Crippen LogP contribution in [0, 0.1) is 10.1 Å². The van der Waals surface area contributed by atoms with Crippen molar-refractivity contribution in [3.05, 3.63) is 10.1 Å². The molecule has 0 aliphatic heterocycles. The maximum absolute atomic E-state index is 12.7. The zero-order valence-electron chi connectivity index (χ0n) is 8.40. The molecule has 10 heteroatoms. The standard InChI is InChI=1S/C7H8F7NO2/c1-2-4(15(16)17)3-5(8,9)6(10,11)7(12,13)14/h4H,2-3H2,1H3/t4-/m1/s1. The number of halogens is 7. The van der Waals surface area contributed by atoms with Crippen molar-refractivity contribution in [1.29, 1.82) is 0 Å². The Hall–Kier alpha value is -1.09. The van der Waals surface area contributed by atoms with Gasteiger partial charge in [-0.1, -0.05) is 6.92 Å². The third kappa shape index (κ3) is 3.19. The largest absolute Gasteiger partial charge is 0.459 e. The molecule has 0 saturated heterocycles. The molecule has 0 rings (SSSR count). The monoisotopic (exact) mass is 271 g/mol. The van der Waals surface area contributed by atoms with Gasteiger partial charge in [0.2, 0.25) is 6.04 Å². The lowest BCUT2D eigenvalue weighted by Gasteiger charge is -2.28. The summed E-state index contributed by atoms with van der Waals surface area (Å²) in [4.78, 5) is 8.83. The lowest BCUT2D eigenvalue weighted by Crippen LogP contribution is -2.53. The highest BCUT2D eigenvalue weighted by molar-refractivity contribution is 4.92. The summed E-state index contributed by atoms with van der Waals surface area (Å²) < 4.78 is 85.2. The van der Waals surface area contributed by atoms with Crippen molar-refractivity contribution in [1.82, 2.24) is 0 Å². The molecule has 17 heavy (non-hydrogen) atoms.